The van der Waals surface area contributed by atoms with E-state index in [1.165, 1.54) is 7.11 Å². The number of nitrogens with one attached hydrogen (secondary N) is 1. The fourth-order valence-corrected chi connectivity index (χ4v) is 2.86. The van der Waals surface area contributed by atoms with Gasteiger partial charge in [0.05, 0.1) is 7.11 Å². The van der Waals surface area contributed by atoms with Crippen molar-refractivity contribution in [2.24, 2.45) is 5.92 Å². The first-order valence-corrected chi connectivity index (χ1v) is 8.02. The first-order chi connectivity index (χ1) is 9.98. The van der Waals surface area contributed by atoms with Crippen LogP contribution in [0.25, 0.3) is 0 Å². The summed E-state index contributed by atoms with van der Waals surface area (Å²) in [4.78, 5) is 24.4. The Balaban J connectivity index is 2.97. The summed E-state index contributed by atoms with van der Waals surface area (Å²) in [5, 5.41) is 2.82. The lowest BCUT2D eigenvalue weighted by atomic mass is 9.94. The number of halogens is 1. The third kappa shape index (κ3) is 4.33. The zero-order chi connectivity index (χ0) is 16.0. The molecule has 0 saturated carbocycles. The summed E-state index contributed by atoms with van der Waals surface area (Å²) < 4.78 is 7.50. The molecule has 0 aliphatic heterocycles. The Morgan fingerprint density at radius 1 is 1.33 bits per heavy atom. The van der Waals surface area contributed by atoms with Crippen LogP contribution in [0.1, 0.15) is 44.1 Å². The first kappa shape index (κ1) is 17.8. The molecule has 1 aromatic rings. The van der Waals surface area contributed by atoms with Crippen LogP contribution in [-0.4, -0.2) is 29.6 Å². The number of ether oxygens (including phenoxy) is 1. The van der Waals surface area contributed by atoms with Gasteiger partial charge in [0.15, 0.2) is 0 Å². The number of amides is 1. The van der Waals surface area contributed by atoms with Gasteiger partial charge in [-0.3, -0.25) is 4.79 Å². The van der Waals surface area contributed by atoms with E-state index in [0.717, 1.165) is 17.3 Å². The van der Waals surface area contributed by atoms with Gasteiger partial charge in [0.2, 0.25) is 0 Å². The fraction of sp³-hybridized carbons (Fsp3) is 0.600. The summed E-state index contributed by atoms with van der Waals surface area (Å²) in [6.45, 7) is 6.65. The summed E-state index contributed by atoms with van der Waals surface area (Å²) in [7, 11) is 1.34. The standard InChI is InChI=1S/C15H23BrN2O3/c1-5-10(6-2)13(15(20)21-4)17-14(19)12-8-11(16)9-18(12)7-3/h8-10,13H,5-7H2,1-4H3,(H,17,19). The highest BCUT2D eigenvalue weighted by Crippen LogP contribution is 2.18. The molecule has 0 saturated heterocycles. The van der Waals surface area contributed by atoms with Crippen molar-refractivity contribution < 1.29 is 14.3 Å². The van der Waals surface area contributed by atoms with Crippen LogP contribution in [0.5, 0.6) is 0 Å². The number of esters is 1. The zero-order valence-corrected chi connectivity index (χ0v) is 14.6. The minimum absolute atomic E-state index is 0.0647. The van der Waals surface area contributed by atoms with Crippen LogP contribution in [0.4, 0.5) is 0 Å². The monoisotopic (exact) mass is 358 g/mol. The number of nitrogens with zero attached hydrogens (tertiary/aromatic N) is 1. The second-order valence-corrected chi connectivity index (χ2v) is 5.80. The number of hydrogen-bond acceptors (Lipinski definition) is 3. The van der Waals surface area contributed by atoms with Crippen molar-refractivity contribution in [3.05, 3.63) is 22.4 Å². The third-order valence-electron chi connectivity index (χ3n) is 3.70. The molecule has 1 aromatic heterocycles. The molecule has 5 nitrogen and oxygen atoms in total. The van der Waals surface area contributed by atoms with Crippen molar-refractivity contribution in [2.75, 3.05) is 7.11 Å². The van der Waals surface area contributed by atoms with Gasteiger partial charge >= 0.3 is 5.97 Å². The topological polar surface area (TPSA) is 60.3 Å². The molecule has 1 rings (SSSR count). The van der Waals surface area contributed by atoms with Crippen molar-refractivity contribution in [3.63, 3.8) is 0 Å². The largest absolute Gasteiger partial charge is 0.467 e. The molecule has 0 bridgehead atoms. The quantitative estimate of drug-likeness (QED) is 0.762. The molecular formula is C15H23BrN2O3. The van der Waals surface area contributed by atoms with Crippen LogP contribution in [0.15, 0.2) is 16.7 Å². The van der Waals surface area contributed by atoms with E-state index < -0.39 is 12.0 Å². The number of carbonyl (C=O) groups excluding carboxylic acids is 2. The Morgan fingerprint density at radius 2 is 1.95 bits per heavy atom. The van der Waals surface area contributed by atoms with Gasteiger partial charge in [0.1, 0.15) is 11.7 Å². The molecule has 0 aliphatic rings. The second-order valence-electron chi connectivity index (χ2n) is 4.88. The Bertz CT molecular complexity index is 495. The van der Waals surface area contributed by atoms with E-state index in [1.807, 2.05) is 31.5 Å². The van der Waals surface area contributed by atoms with Crippen LogP contribution >= 0.6 is 15.9 Å². The predicted octanol–water partition coefficient (Wildman–Crippen LogP) is 2.98. The number of rotatable bonds is 7. The average molecular weight is 359 g/mol. The van der Waals surface area contributed by atoms with E-state index in [4.69, 9.17) is 4.74 Å². The Hall–Kier alpha value is -1.30. The molecule has 0 aliphatic carbocycles. The van der Waals surface area contributed by atoms with Gasteiger partial charge in [0.25, 0.3) is 5.91 Å². The van der Waals surface area contributed by atoms with E-state index in [-0.39, 0.29) is 11.8 Å². The van der Waals surface area contributed by atoms with Crippen LogP contribution in [0.3, 0.4) is 0 Å². The lowest BCUT2D eigenvalue weighted by molar-refractivity contribution is -0.144. The highest BCUT2D eigenvalue weighted by molar-refractivity contribution is 9.10. The van der Waals surface area contributed by atoms with Crippen LogP contribution in [0.2, 0.25) is 0 Å². The van der Waals surface area contributed by atoms with Crippen molar-refractivity contribution >= 4 is 27.8 Å². The molecule has 0 aromatic carbocycles. The molecule has 21 heavy (non-hydrogen) atoms. The molecule has 1 atom stereocenters. The van der Waals surface area contributed by atoms with Gasteiger partial charge < -0.3 is 14.6 Å². The van der Waals surface area contributed by atoms with Crippen molar-refractivity contribution in [2.45, 2.75) is 46.2 Å². The molecule has 0 radical (unpaired) electrons. The Morgan fingerprint density at radius 3 is 2.43 bits per heavy atom. The maximum Gasteiger partial charge on any atom is 0.328 e. The number of aromatic nitrogens is 1. The van der Waals surface area contributed by atoms with E-state index in [1.54, 1.807) is 6.07 Å². The van der Waals surface area contributed by atoms with E-state index in [2.05, 4.69) is 21.2 Å². The summed E-state index contributed by atoms with van der Waals surface area (Å²) >= 11 is 3.36. The SMILES string of the molecule is CCC(CC)C(NC(=O)c1cc(Br)cn1CC)C(=O)OC. The minimum atomic E-state index is -0.614. The number of hydrogen-bond donors (Lipinski definition) is 1. The molecule has 1 amide bonds. The van der Waals surface area contributed by atoms with Crippen LogP contribution < -0.4 is 5.32 Å². The van der Waals surface area contributed by atoms with E-state index >= 15 is 0 Å². The second kappa shape index (κ2) is 8.22. The summed E-state index contributed by atoms with van der Waals surface area (Å²) in [6, 6.07) is 1.14. The number of carbonyl (C=O) groups is 2. The summed E-state index contributed by atoms with van der Waals surface area (Å²) in [6.07, 6.45) is 3.45. The highest BCUT2D eigenvalue weighted by Gasteiger charge is 2.29. The molecule has 118 valence electrons. The molecule has 6 heteroatoms. The van der Waals surface area contributed by atoms with Crippen molar-refractivity contribution in [1.29, 1.82) is 0 Å². The van der Waals surface area contributed by atoms with E-state index in [0.29, 0.717) is 12.2 Å². The lowest BCUT2D eigenvalue weighted by Crippen LogP contribution is -2.46. The molecule has 1 N–H and O–H groups in total. The van der Waals surface area contributed by atoms with Crippen LogP contribution in [0, 0.1) is 5.92 Å². The smallest absolute Gasteiger partial charge is 0.328 e. The maximum atomic E-state index is 12.4. The van der Waals surface area contributed by atoms with Gasteiger partial charge in [-0.15, -0.1) is 0 Å². The van der Waals surface area contributed by atoms with Crippen molar-refractivity contribution in [3.8, 4) is 0 Å². The van der Waals surface area contributed by atoms with Gasteiger partial charge in [-0.25, -0.2) is 4.79 Å². The lowest BCUT2D eigenvalue weighted by Gasteiger charge is -2.24. The van der Waals surface area contributed by atoms with Gasteiger partial charge in [-0.2, -0.15) is 0 Å². The molecular weight excluding hydrogens is 336 g/mol. The average Bonchev–Trinajstić information content (AvgIpc) is 2.87. The van der Waals surface area contributed by atoms with Gasteiger partial charge in [0, 0.05) is 17.2 Å². The predicted molar refractivity (Wildman–Crippen MR) is 85.1 cm³/mol. The highest BCUT2D eigenvalue weighted by atomic mass is 79.9. The van der Waals surface area contributed by atoms with Crippen molar-refractivity contribution in [1.82, 2.24) is 9.88 Å². The fourth-order valence-electron chi connectivity index (χ4n) is 2.40. The molecule has 0 spiro atoms. The first-order valence-electron chi connectivity index (χ1n) is 7.22. The summed E-state index contributed by atoms with van der Waals surface area (Å²) in [5.74, 6) is -0.592. The zero-order valence-electron chi connectivity index (χ0n) is 13.0. The molecule has 1 unspecified atom stereocenters. The van der Waals surface area contributed by atoms with E-state index in [9.17, 15) is 9.59 Å². The number of aryl methyl sites for hydroxylation is 1. The number of methoxy groups -OCH3 is 1. The van der Waals surface area contributed by atoms with Gasteiger partial charge in [-0.05, 0) is 34.8 Å². The van der Waals surface area contributed by atoms with Crippen LogP contribution in [-0.2, 0) is 16.1 Å². The summed E-state index contributed by atoms with van der Waals surface area (Å²) in [5.41, 5.74) is 0.532. The third-order valence-corrected chi connectivity index (χ3v) is 4.13. The Labute approximate surface area is 134 Å². The Kier molecular flexibility index (Phi) is 6.95. The molecule has 1 heterocycles. The minimum Gasteiger partial charge on any atom is -0.467 e. The van der Waals surface area contributed by atoms with Gasteiger partial charge in [-0.1, -0.05) is 26.7 Å². The maximum absolute atomic E-state index is 12.4. The normalized spacial score (nSPS) is 12.3. The molecule has 0 fully saturated rings.